The van der Waals surface area contributed by atoms with Gasteiger partial charge in [-0.25, -0.2) is 0 Å². The van der Waals surface area contributed by atoms with Gasteiger partial charge in [0.1, 0.15) is 0 Å². The molecule has 0 atom stereocenters. The Balaban J connectivity index is 3.01. The Kier molecular flexibility index (Phi) is 25.2. The maximum Gasteiger partial charge on any atom is 0.221 e. The first kappa shape index (κ1) is 30.0. The Hall–Kier alpha value is -0.0400. The fourth-order valence-corrected chi connectivity index (χ4v) is 4.49. The molecule has 0 aromatic heterocycles. The monoisotopic (exact) mass is 442 g/mol. The van der Waals surface area contributed by atoms with E-state index in [4.69, 9.17) is 11.6 Å². The van der Waals surface area contributed by atoms with Crippen LogP contribution in [0.5, 0.6) is 0 Å². The van der Waals surface area contributed by atoms with Crippen molar-refractivity contribution in [3.63, 3.8) is 0 Å². The fourth-order valence-electron chi connectivity index (χ4n) is 4.35. The number of hydrogen-bond donors (Lipinski definition) is 0. The molecule has 0 heterocycles. The molecule has 0 spiro atoms. The molecule has 0 bridgehead atoms. The van der Waals surface area contributed by atoms with Crippen LogP contribution in [-0.4, -0.2) is 5.24 Å². The normalized spacial score (nSPS) is 11.5. The third-order valence-electron chi connectivity index (χ3n) is 6.40. The second-order valence-corrected chi connectivity index (χ2v) is 10.5. The van der Waals surface area contributed by atoms with E-state index in [2.05, 4.69) is 13.8 Å². The summed E-state index contributed by atoms with van der Waals surface area (Å²) in [6.07, 6.45) is 32.7. The van der Waals surface area contributed by atoms with Crippen molar-refractivity contribution in [2.75, 3.05) is 0 Å². The zero-order valence-electron chi connectivity index (χ0n) is 20.8. The summed E-state index contributed by atoms with van der Waals surface area (Å²) in [5, 5.41) is -0.177. The van der Waals surface area contributed by atoms with Crippen molar-refractivity contribution in [3.8, 4) is 0 Å². The maximum absolute atomic E-state index is 10.6. The van der Waals surface area contributed by atoms with E-state index in [0.29, 0.717) is 6.42 Å². The van der Waals surface area contributed by atoms with Crippen molar-refractivity contribution in [1.82, 2.24) is 0 Å². The van der Waals surface area contributed by atoms with Crippen LogP contribution in [0.3, 0.4) is 0 Å². The topological polar surface area (TPSA) is 17.1 Å². The summed E-state index contributed by atoms with van der Waals surface area (Å²) >= 11 is 5.34. The number of carbonyl (C=O) groups is 1. The van der Waals surface area contributed by atoms with Gasteiger partial charge in [0.05, 0.1) is 0 Å². The molecule has 0 fully saturated rings. The molecule has 0 rings (SSSR count). The first-order valence-electron chi connectivity index (χ1n) is 13.8. The van der Waals surface area contributed by atoms with Crippen molar-refractivity contribution < 1.29 is 4.79 Å². The van der Waals surface area contributed by atoms with E-state index < -0.39 is 0 Å². The van der Waals surface area contributed by atoms with Crippen LogP contribution in [0.4, 0.5) is 0 Å². The van der Waals surface area contributed by atoms with Crippen LogP contribution in [-0.2, 0) is 4.79 Å². The highest BCUT2D eigenvalue weighted by Gasteiger charge is 1.98. The molecule has 2 heteroatoms. The van der Waals surface area contributed by atoms with Crippen molar-refractivity contribution in [3.05, 3.63) is 0 Å². The highest BCUT2D eigenvalue weighted by atomic mass is 35.5. The summed E-state index contributed by atoms with van der Waals surface area (Å²) in [7, 11) is 0. The van der Waals surface area contributed by atoms with Gasteiger partial charge in [-0.15, -0.1) is 0 Å². The van der Waals surface area contributed by atoms with Gasteiger partial charge < -0.3 is 0 Å². The highest BCUT2D eigenvalue weighted by molar-refractivity contribution is 6.63. The van der Waals surface area contributed by atoms with Crippen LogP contribution in [0.1, 0.15) is 168 Å². The summed E-state index contributed by atoms with van der Waals surface area (Å²) in [6.45, 7) is 4.67. The number of halogens is 1. The van der Waals surface area contributed by atoms with E-state index >= 15 is 0 Å². The second-order valence-electron chi connectivity index (χ2n) is 10.1. The zero-order valence-corrected chi connectivity index (χ0v) is 21.6. The van der Waals surface area contributed by atoms with Gasteiger partial charge in [0.15, 0.2) is 0 Å². The third-order valence-corrected chi connectivity index (χ3v) is 6.59. The minimum atomic E-state index is -0.177. The van der Waals surface area contributed by atoms with E-state index in [-0.39, 0.29) is 5.24 Å². The summed E-state index contributed by atoms with van der Waals surface area (Å²) in [6, 6.07) is 0. The Bertz CT molecular complexity index is 340. The molecule has 0 radical (unpaired) electrons. The van der Waals surface area contributed by atoms with E-state index in [0.717, 1.165) is 18.8 Å². The molecule has 0 unspecified atom stereocenters. The lowest BCUT2D eigenvalue weighted by molar-refractivity contribution is -0.111. The molecule has 1 nitrogen and oxygen atoms in total. The molecule has 0 N–H and O–H groups in total. The molecule has 30 heavy (non-hydrogen) atoms. The number of carbonyl (C=O) groups excluding carboxylic acids is 1. The van der Waals surface area contributed by atoms with E-state index in [1.807, 2.05) is 0 Å². The zero-order chi connectivity index (χ0) is 22.1. The molecular weight excluding hydrogens is 388 g/mol. The Labute approximate surface area is 195 Å². The largest absolute Gasteiger partial charge is 0.281 e. The van der Waals surface area contributed by atoms with Gasteiger partial charge in [-0.1, -0.05) is 155 Å². The molecule has 0 amide bonds. The summed E-state index contributed by atoms with van der Waals surface area (Å²) in [5.41, 5.74) is 0. The van der Waals surface area contributed by atoms with Crippen molar-refractivity contribution >= 4 is 16.8 Å². The molecule has 0 aliphatic heterocycles. The molecular formula is C28H55ClO. The average Bonchev–Trinajstić information content (AvgIpc) is 2.70. The van der Waals surface area contributed by atoms with E-state index in [9.17, 15) is 4.79 Å². The first-order valence-corrected chi connectivity index (χ1v) is 14.2. The standard InChI is InChI=1S/C28H55ClO/c1-27(2)25-23-21-19-17-15-13-11-9-7-5-3-4-6-8-10-12-14-16-18-20-22-24-26-28(29)30/h27H,3-26H2,1-2H3. The van der Waals surface area contributed by atoms with Gasteiger partial charge in [0.25, 0.3) is 0 Å². The van der Waals surface area contributed by atoms with E-state index in [1.165, 1.54) is 135 Å². The minimum Gasteiger partial charge on any atom is -0.281 e. The fraction of sp³-hybridized carbons (Fsp3) is 0.964. The predicted molar refractivity (Wildman–Crippen MR) is 137 cm³/mol. The number of rotatable bonds is 25. The molecule has 0 aliphatic carbocycles. The lowest BCUT2D eigenvalue weighted by Gasteiger charge is -2.05. The molecule has 0 saturated heterocycles. The van der Waals surface area contributed by atoms with Gasteiger partial charge in [0, 0.05) is 6.42 Å². The first-order chi connectivity index (χ1) is 14.6. The summed E-state index contributed by atoms with van der Waals surface area (Å²) < 4.78 is 0. The average molecular weight is 443 g/mol. The van der Waals surface area contributed by atoms with Crippen molar-refractivity contribution in [2.45, 2.75) is 168 Å². The van der Waals surface area contributed by atoms with Crippen LogP contribution in [0.2, 0.25) is 0 Å². The molecule has 0 aliphatic rings. The lowest BCUT2D eigenvalue weighted by Crippen LogP contribution is -1.87. The van der Waals surface area contributed by atoms with E-state index in [1.54, 1.807) is 0 Å². The summed E-state index contributed by atoms with van der Waals surface area (Å²) in [5.74, 6) is 0.887. The Morgan fingerprint density at radius 3 is 0.933 bits per heavy atom. The van der Waals surface area contributed by atoms with Crippen LogP contribution >= 0.6 is 11.6 Å². The van der Waals surface area contributed by atoms with Crippen LogP contribution < -0.4 is 0 Å². The molecule has 180 valence electrons. The third kappa shape index (κ3) is 28.0. The van der Waals surface area contributed by atoms with Crippen molar-refractivity contribution in [1.29, 1.82) is 0 Å². The van der Waals surface area contributed by atoms with Gasteiger partial charge in [-0.05, 0) is 23.9 Å². The van der Waals surface area contributed by atoms with Crippen LogP contribution in [0.15, 0.2) is 0 Å². The van der Waals surface area contributed by atoms with Crippen LogP contribution in [0, 0.1) is 5.92 Å². The quantitative estimate of drug-likeness (QED) is 0.101. The molecule has 0 aromatic rings. The lowest BCUT2D eigenvalue weighted by atomic mass is 10.0. The van der Waals surface area contributed by atoms with Crippen LogP contribution in [0.25, 0.3) is 0 Å². The maximum atomic E-state index is 10.6. The Morgan fingerprint density at radius 1 is 0.467 bits per heavy atom. The minimum absolute atomic E-state index is 0.177. The number of hydrogen-bond acceptors (Lipinski definition) is 1. The summed E-state index contributed by atoms with van der Waals surface area (Å²) in [4.78, 5) is 10.6. The number of unbranched alkanes of at least 4 members (excludes halogenated alkanes) is 21. The smallest absolute Gasteiger partial charge is 0.221 e. The molecule has 0 aromatic carbocycles. The van der Waals surface area contributed by atoms with Gasteiger partial charge in [0.2, 0.25) is 5.24 Å². The van der Waals surface area contributed by atoms with Gasteiger partial charge in [-0.3, -0.25) is 4.79 Å². The SMILES string of the molecule is CC(C)CCCCCCCCCCCCCCCCCCCCCCCCC(=O)Cl. The van der Waals surface area contributed by atoms with Gasteiger partial charge >= 0.3 is 0 Å². The highest BCUT2D eigenvalue weighted by Crippen LogP contribution is 2.16. The molecule has 0 saturated carbocycles. The predicted octanol–water partition coefficient (Wildman–Crippen LogP) is 10.8. The Morgan fingerprint density at radius 2 is 0.700 bits per heavy atom. The van der Waals surface area contributed by atoms with Gasteiger partial charge in [-0.2, -0.15) is 0 Å². The second kappa shape index (κ2) is 25.2. The van der Waals surface area contributed by atoms with Crippen molar-refractivity contribution in [2.24, 2.45) is 5.92 Å².